The van der Waals surface area contributed by atoms with Crippen LogP contribution in [0.15, 0.2) is 22.9 Å². The summed E-state index contributed by atoms with van der Waals surface area (Å²) in [6.45, 7) is 2.93. The minimum absolute atomic E-state index is 0.0491. The number of carbonyl (C=O) groups is 3. The Hall–Kier alpha value is -2.50. The van der Waals surface area contributed by atoms with Crippen LogP contribution in [0.3, 0.4) is 0 Å². The summed E-state index contributed by atoms with van der Waals surface area (Å²) in [5, 5.41) is 6.85. The van der Waals surface area contributed by atoms with E-state index in [1.807, 2.05) is 0 Å². The zero-order chi connectivity index (χ0) is 19.1. The average Bonchev–Trinajstić information content (AvgIpc) is 3.38. The molecule has 0 bridgehead atoms. The molecule has 144 valence electrons. The molecule has 0 atom stereocenters. The highest BCUT2D eigenvalue weighted by molar-refractivity contribution is 7.14. The number of hydrogen-bond acceptors (Lipinski definition) is 8. The second-order valence-corrected chi connectivity index (χ2v) is 7.38. The van der Waals surface area contributed by atoms with E-state index in [0.29, 0.717) is 18.1 Å². The molecule has 3 N–H and O–H groups in total. The highest BCUT2D eigenvalue weighted by Gasteiger charge is 2.17. The van der Waals surface area contributed by atoms with Gasteiger partial charge in [0.2, 0.25) is 5.91 Å². The second-order valence-electron chi connectivity index (χ2n) is 5.60. The maximum atomic E-state index is 12.1. The molecule has 0 aliphatic carbocycles. The minimum Gasteiger partial charge on any atom is -0.378 e. The van der Waals surface area contributed by atoms with Gasteiger partial charge in [0.1, 0.15) is 5.69 Å². The first kappa shape index (κ1) is 19.3. The van der Waals surface area contributed by atoms with E-state index in [9.17, 15) is 14.4 Å². The summed E-state index contributed by atoms with van der Waals surface area (Å²) in [7, 11) is 0. The predicted octanol–water partition coefficient (Wildman–Crippen LogP) is 0.622. The fourth-order valence-electron chi connectivity index (χ4n) is 2.31. The Labute approximate surface area is 163 Å². The van der Waals surface area contributed by atoms with Crippen LogP contribution in [0.2, 0.25) is 0 Å². The summed E-state index contributed by atoms with van der Waals surface area (Å²) in [6, 6.07) is 3.49. The van der Waals surface area contributed by atoms with E-state index in [-0.39, 0.29) is 24.6 Å². The van der Waals surface area contributed by atoms with E-state index in [1.54, 1.807) is 22.9 Å². The van der Waals surface area contributed by atoms with Crippen molar-refractivity contribution in [3.05, 3.63) is 33.5 Å². The van der Waals surface area contributed by atoms with Gasteiger partial charge in [0.05, 0.1) is 18.1 Å². The standard InChI is InChI=1S/C16H19N5O4S2/c22-13(3-4-17-15(24)12-2-1-9-26-12)19-20-14(23)11-10-27-16(18-11)21-5-7-25-8-6-21/h1-2,9-10H,3-8H2,(H,17,24)(H,19,22)(H,20,23). The number of thiazole rings is 1. The lowest BCUT2D eigenvalue weighted by Gasteiger charge is -2.25. The Kier molecular flexibility index (Phi) is 6.74. The van der Waals surface area contributed by atoms with Gasteiger partial charge in [-0.3, -0.25) is 25.2 Å². The first-order valence-corrected chi connectivity index (χ1v) is 10.1. The number of rotatable bonds is 6. The molecule has 0 radical (unpaired) electrons. The number of morpholine rings is 1. The van der Waals surface area contributed by atoms with Crippen LogP contribution >= 0.6 is 22.7 Å². The van der Waals surface area contributed by atoms with Crippen LogP contribution < -0.4 is 21.1 Å². The third kappa shape index (κ3) is 5.49. The van der Waals surface area contributed by atoms with Gasteiger partial charge >= 0.3 is 0 Å². The molecule has 1 fully saturated rings. The lowest BCUT2D eigenvalue weighted by atomic mass is 10.4. The fourth-order valence-corrected chi connectivity index (χ4v) is 3.81. The quantitative estimate of drug-likeness (QED) is 0.603. The number of aromatic nitrogens is 1. The molecule has 0 unspecified atom stereocenters. The van der Waals surface area contributed by atoms with Gasteiger partial charge in [0.25, 0.3) is 11.8 Å². The Morgan fingerprint density at radius 1 is 1.15 bits per heavy atom. The summed E-state index contributed by atoms with van der Waals surface area (Å²) in [4.78, 5) is 42.6. The van der Waals surface area contributed by atoms with Gasteiger partial charge < -0.3 is 15.0 Å². The molecule has 3 rings (SSSR count). The van der Waals surface area contributed by atoms with Crippen molar-refractivity contribution < 1.29 is 19.1 Å². The van der Waals surface area contributed by atoms with Crippen molar-refractivity contribution in [2.24, 2.45) is 0 Å². The fraction of sp³-hybridized carbons (Fsp3) is 0.375. The maximum absolute atomic E-state index is 12.1. The third-order valence-electron chi connectivity index (χ3n) is 3.70. The first-order valence-electron chi connectivity index (χ1n) is 8.32. The molecule has 1 aliphatic rings. The molecule has 2 aromatic rings. The van der Waals surface area contributed by atoms with Crippen molar-refractivity contribution >= 4 is 45.5 Å². The summed E-state index contributed by atoms with van der Waals surface area (Å²) in [5.74, 6) is -1.11. The summed E-state index contributed by atoms with van der Waals surface area (Å²) in [6.07, 6.45) is 0.0491. The van der Waals surface area contributed by atoms with Gasteiger partial charge in [-0.2, -0.15) is 0 Å². The Morgan fingerprint density at radius 2 is 1.96 bits per heavy atom. The summed E-state index contributed by atoms with van der Waals surface area (Å²) >= 11 is 2.70. The van der Waals surface area contributed by atoms with E-state index in [4.69, 9.17) is 4.74 Å². The van der Waals surface area contributed by atoms with Gasteiger partial charge in [-0.25, -0.2) is 4.98 Å². The lowest BCUT2D eigenvalue weighted by molar-refractivity contribution is -0.121. The van der Waals surface area contributed by atoms with Crippen LogP contribution in [0.25, 0.3) is 0 Å². The highest BCUT2D eigenvalue weighted by atomic mass is 32.1. The molecule has 3 heterocycles. The van der Waals surface area contributed by atoms with Crippen LogP contribution in [0.1, 0.15) is 26.6 Å². The monoisotopic (exact) mass is 409 g/mol. The number of ether oxygens (including phenoxy) is 1. The minimum atomic E-state index is -0.485. The van der Waals surface area contributed by atoms with E-state index >= 15 is 0 Å². The molecular weight excluding hydrogens is 390 g/mol. The number of hydrogen-bond donors (Lipinski definition) is 3. The van der Waals surface area contributed by atoms with E-state index in [2.05, 4.69) is 26.1 Å². The van der Waals surface area contributed by atoms with Gasteiger partial charge in [-0.05, 0) is 11.4 Å². The zero-order valence-corrected chi connectivity index (χ0v) is 16.0. The average molecular weight is 409 g/mol. The third-order valence-corrected chi connectivity index (χ3v) is 5.47. The Bertz CT molecular complexity index is 787. The molecule has 0 spiro atoms. The van der Waals surface area contributed by atoms with Crippen LogP contribution in [0, 0.1) is 0 Å². The first-order chi connectivity index (χ1) is 13.1. The molecular formula is C16H19N5O4S2. The summed E-state index contributed by atoms with van der Waals surface area (Å²) < 4.78 is 5.29. The molecule has 27 heavy (non-hydrogen) atoms. The normalized spacial score (nSPS) is 13.9. The summed E-state index contributed by atoms with van der Waals surface area (Å²) in [5.41, 5.74) is 4.90. The van der Waals surface area contributed by atoms with Gasteiger partial charge in [0.15, 0.2) is 5.13 Å². The number of nitrogens with one attached hydrogen (secondary N) is 3. The number of nitrogens with zero attached hydrogens (tertiary/aromatic N) is 2. The molecule has 2 aromatic heterocycles. The van der Waals surface area contributed by atoms with Crippen molar-refractivity contribution in [1.82, 2.24) is 21.2 Å². The molecule has 11 heteroatoms. The van der Waals surface area contributed by atoms with Crippen LogP contribution in [0.4, 0.5) is 5.13 Å². The highest BCUT2D eigenvalue weighted by Crippen LogP contribution is 2.21. The van der Waals surface area contributed by atoms with Gasteiger partial charge in [-0.1, -0.05) is 6.07 Å². The molecule has 1 aliphatic heterocycles. The van der Waals surface area contributed by atoms with E-state index in [1.165, 1.54) is 22.7 Å². The van der Waals surface area contributed by atoms with Crippen LogP contribution in [0.5, 0.6) is 0 Å². The van der Waals surface area contributed by atoms with Crippen molar-refractivity contribution in [3.63, 3.8) is 0 Å². The second kappa shape index (κ2) is 9.44. The number of hydrazine groups is 1. The number of anilines is 1. The van der Waals surface area contributed by atoms with Crippen molar-refractivity contribution in [2.45, 2.75) is 6.42 Å². The van der Waals surface area contributed by atoms with Crippen molar-refractivity contribution in [3.8, 4) is 0 Å². The SMILES string of the molecule is O=C(CCNC(=O)c1cccs1)NNC(=O)c1csc(N2CCOCC2)n1. The lowest BCUT2D eigenvalue weighted by Crippen LogP contribution is -2.43. The van der Waals surface area contributed by atoms with Gasteiger partial charge in [-0.15, -0.1) is 22.7 Å². The molecule has 9 nitrogen and oxygen atoms in total. The smallest absolute Gasteiger partial charge is 0.289 e. The van der Waals surface area contributed by atoms with Crippen LogP contribution in [-0.4, -0.2) is 55.6 Å². The predicted molar refractivity (Wildman–Crippen MR) is 102 cm³/mol. The molecule has 0 saturated carbocycles. The number of carbonyl (C=O) groups excluding carboxylic acids is 3. The van der Waals surface area contributed by atoms with Crippen LogP contribution in [-0.2, 0) is 9.53 Å². The Morgan fingerprint density at radius 3 is 2.70 bits per heavy atom. The molecule has 0 aromatic carbocycles. The largest absolute Gasteiger partial charge is 0.378 e. The topological polar surface area (TPSA) is 113 Å². The zero-order valence-electron chi connectivity index (χ0n) is 14.4. The van der Waals surface area contributed by atoms with Crippen molar-refractivity contribution in [1.29, 1.82) is 0 Å². The van der Waals surface area contributed by atoms with Gasteiger partial charge in [0, 0.05) is 31.4 Å². The molecule has 3 amide bonds. The maximum Gasteiger partial charge on any atom is 0.289 e. The Balaban J connectivity index is 1.37. The van der Waals surface area contributed by atoms with E-state index < -0.39 is 11.8 Å². The van der Waals surface area contributed by atoms with Crippen molar-refractivity contribution in [2.75, 3.05) is 37.7 Å². The number of amides is 3. The van der Waals surface area contributed by atoms with E-state index in [0.717, 1.165) is 18.2 Å². The number of thiophene rings is 1. The molecule has 1 saturated heterocycles.